The zero-order valence-corrected chi connectivity index (χ0v) is 15.1. The van der Waals surface area contributed by atoms with Crippen LogP contribution in [-0.2, 0) is 17.7 Å². The van der Waals surface area contributed by atoms with Crippen molar-refractivity contribution < 1.29 is 9.53 Å². The second-order valence-electron chi connectivity index (χ2n) is 7.26. The second kappa shape index (κ2) is 6.29. The molecule has 1 saturated carbocycles. The number of hydrogen-bond donors (Lipinski definition) is 1. The van der Waals surface area contributed by atoms with Crippen LogP contribution < -0.4 is 0 Å². The van der Waals surface area contributed by atoms with Crippen molar-refractivity contribution in [1.29, 1.82) is 0 Å². The van der Waals surface area contributed by atoms with Crippen molar-refractivity contribution in [2.24, 2.45) is 5.92 Å². The van der Waals surface area contributed by atoms with Crippen LogP contribution in [0.5, 0.6) is 0 Å². The highest BCUT2D eigenvalue weighted by atomic mass is 16.5. The van der Waals surface area contributed by atoms with Crippen molar-refractivity contribution in [3.8, 4) is 0 Å². The highest BCUT2D eigenvalue weighted by molar-refractivity contribution is 5.96. The summed E-state index contributed by atoms with van der Waals surface area (Å²) in [4.78, 5) is 18.2. The molecule has 2 aromatic heterocycles. The van der Waals surface area contributed by atoms with Gasteiger partial charge in [0.15, 0.2) is 0 Å². The molecule has 7 heteroatoms. The van der Waals surface area contributed by atoms with E-state index in [9.17, 15) is 4.79 Å². The third kappa shape index (κ3) is 2.97. The topological polar surface area (TPSA) is 76.0 Å². The molecule has 1 aliphatic heterocycles. The lowest BCUT2D eigenvalue weighted by atomic mass is 10.0. The van der Waals surface area contributed by atoms with E-state index in [0.717, 1.165) is 41.5 Å². The van der Waals surface area contributed by atoms with Crippen LogP contribution in [0.25, 0.3) is 0 Å². The van der Waals surface area contributed by atoms with Crippen LogP contribution in [0.1, 0.15) is 52.0 Å². The number of amides is 1. The number of aromatic nitrogens is 4. The number of aryl methyl sites for hydroxylation is 2. The molecule has 1 aliphatic carbocycles. The number of nitrogens with zero attached hydrogens (tertiary/aromatic N) is 4. The molecule has 2 aliphatic rings. The van der Waals surface area contributed by atoms with Gasteiger partial charge in [-0.3, -0.25) is 4.79 Å². The van der Waals surface area contributed by atoms with E-state index in [1.54, 1.807) is 7.11 Å². The van der Waals surface area contributed by atoms with Crippen molar-refractivity contribution in [2.45, 2.75) is 45.7 Å². The third-order valence-electron chi connectivity index (χ3n) is 5.24. The van der Waals surface area contributed by atoms with Crippen LogP contribution in [0.4, 0.5) is 0 Å². The van der Waals surface area contributed by atoms with E-state index in [0.29, 0.717) is 13.2 Å². The Morgan fingerprint density at radius 3 is 2.84 bits per heavy atom. The van der Waals surface area contributed by atoms with Gasteiger partial charge in [-0.05, 0) is 38.7 Å². The first-order chi connectivity index (χ1) is 12.1. The van der Waals surface area contributed by atoms with Crippen LogP contribution in [0.2, 0.25) is 0 Å². The van der Waals surface area contributed by atoms with Gasteiger partial charge in [-0.25, -0.2) is 4.68 Å². The second-order valence-corrected chi connectivity index (χ2v) is 7.26. The number of H-pyrrole nitrogens is 1. The summed E-state index contributed by atoms with van der Waals surface area (Å²) >= 11 is 0. The average molecular weight is 343 g/mol. The lowest BCUT2D eigenvalue weighted by Crippen LogP contribution is -2.42. The molecule has 0 bridgehead atoms. The number of rotatable bonds is 5. The number of aromatic amines is 1. The van der Waals surface area contributed by atoms with E-state index < -0.39 is 0 Å². The molecule has 3 heterocycles. The maximum absolute atomic E-state index is 13.1. The van der Waals surface area contributed by atoms with E-state index >= 15 is 0 Å². The van der Waals surface area contributed by atoms with Gasteiger partial charge < -0.3 is 14.6 Å². The number of nitrogens with one attached hydrogen (secondary N) is 1. The molecule has 2 aromatic rings. The molecule has 0 saturated heterocycles. The third-order valence-corrected chi connectivity index (χ3v) is 5.24. The van der Waals surface area contributed by atoms with E-state index in [1.807, 2.05) is 29.5 Å². The van der Waals surface area contributed by atoms with Gasteiger partial charge in [0.2, 0.25) is 0 Å². The zero-order valence-electron chi connectivity index (χ0n) is 15.1. The van der Waals surface area contributed by atoms with E-state index in [1.165, 1.54) is 18.5 Å². The Hall–Kier alpha value is -2.15. The molecular weight excluding hydrogens is 318 g/mol. The van der Waals surface area contributed by atoms with Crippen molar-refractivity contribution in [3.05, 3.63) is 34.4 Å². The molecule has 1 N–H and O–H groups in total. The summed E-state index contributed by atoms with van der Waals surface area (Å²) in [5.41, 5.74) is 4.69. The van der Waals surface area contributed by atoms with Gasteiger partial charge in [-0.1, -0.05) is 5.21 Å². The quantitative estimate of drug-likeness (QED) is 0.901. The molecule has 4 rings (SSSR count). The van der Waals surface area contributed by atoms with Crippen molar-refractivity contribution >= 4 is 5.91 Å². The Balaban J connectivity index is 1.64. The summed E-state index contributed by atoms with van der Waals surface area (Å²) in [7, 11) is 1.66. The molecule has 0 aromatic carbocycles. The Bertz CT molecular complexity index is 789. The van der Waals surface area contributed by atoms with Crippen molar-refractivity contribution in [2.75, 3.05) is 20.3 Å². The van der Waals surface area contributed by atoms with Gasteiger partial charge in [-0.2, -0.15) is 0 Å². The Labute approximate surface area is 147 Å². The predicted molar refractivity (Wildman–Crippen MR) is 92.4 cm³/mol. The summed E-state index contributed by atoms with van der Waals surface area (Å²) in [6.45, 7) is 5.96. The minimum atomic E-state index is -0.177. The number of carbonyl (C=O) groups is 1. The summed E-state index contributed by atoms with van der Waals surface area (Å²) in [5, 5.41) is 8.79. The fourth-order valence-corrected chi connectivity index (χ4v) is 3.75. The largest absolute Gasteiger partial charge is 0.382 e. The normalized spacial score (nSPS) is 20.0. The molecular formula is C18H25N5O2. The van der Waals surface area contributed by atoms with E-state index in [-0.39, 0.29) is 11.9 Å². The minimum Gasteiger partial charge on any atom is -0.382 e. The number of carbonyl (C=O) groups excluding carboxylic acids is 1. The SMILES string of the molecule is COC[C@@H]1c2nnn(CC3CC3)c2CCN1C(=O)c1cc(C)[nH]c1C. The number of fused-ring (bicyclic) bond motifs is 1. The molecule has 7 nitrogen and oxygen atoms in total. The minimum absolute atomic E-state index is 0.0336. The Kier molecular flexibility index (Phi) is 4.11. The van der Waals surface area contributed by atoms with Crippen LogP contribution in [0.3, 0.4) is 0 Å². The van der Waals surface area contributed by atoms with Crippen LogP contribution >= 0.6 is 0 Å². The molecule has 134 valence electrons. The number of ether oxygens (including phenoxy) is 1. The van der Waals surface area contributed by atoms with Crippen molar-refractivity contribution in [1.82, 2.24) is 24.9 Å². The smallest absolute Gasteiger partial charge is 0.256 e. The molecule has 0 unspecified atom stereocenters. The van der Waals surface area contributed by atoms with Gasteiger partial charge in [0.25, 0.3) is 5.91 Å². The highest BCUT2D eigenvalue weighted by Gasteiger charge is 2.36. The number of hydrogen-bond acceptors (Lipinski definition) is 4. The Morgan fingerprint density at radius 1 is 1.40 bits per heavy atom. The summed E-state index contributed by atoms with van der Waals surface area (Å²) in [6.07, 6.45) is 3.36. The van der Waals surface area contributed by atoms with E-state index in [2.05, 4.69) is 15.3 Å². The fraction of sp³-hybridized carbons (Fsp3) is 0.611. The zero-order chi connectivity index (χ0) is 17.6. The standard InChI is InChI=1S/C18H25N5O2/c1-11-8-14(12(2)19-11)18(24)22-7-6-15-17(16(22)10-25-3)20-21-23(15)9-13-4-5-13/h8,13,16,19H,4-7,9-10H2,1-3H3/t16-/m1/s1. The molecule has 1 fully saturated rings. The van der Waals surface area contributed by atoms with Crippen molar-refractivity contribution in [3.63, 3.8) is 0 Å². The number of methoxy groups -OCH3 is 1. The monoisotopic (exact) mass is 343 g/mol. The van der Waals surface area contributed by atoms with Gasteiger partial charge in [-0.15, -0.1) is 5.10 Å². The Morgan fingerprint density at radius 2 is 2.20 bits per heavy atom. The molecule has 25 heavy (non-hydrogen) atoms. The lowest BCUT2D eigenvalue weighted by molar-refractivity contribution is 0.0489. The van der Waals surface area contributed by atoms with Crippen LogP contribution in [0.15, 0.2) is 6.07 Å². The first-order valence-corrected chi connectivity index (χ1v) is 8.97. The highest BCUT2D eigenvalue weighted by Crippen LogP contribution is 2.34. The average Bonchev–Trinajstić information content (AvgIpc) is 3.21. The molecule has 1 amide bonds. The van der Waals surface area contributed by atoms with Gasteiger partial charge >= 0.3 is 0 Å². The predicted octanol–water partition coefficient (Wildman–Crippen LogP) is 2.02. The fourth-order valence-electron chi connectivity index (χ4n) is 3.75. The lowest BCUT2D eigenvalue weighted by Gasteiger charge is -2.34. The first kappa shape index (κ1) is 16.3. The van der Waals surface area contributed by atoms with E-state index in [4.69, 9.17) is 4.74 Å². The van der Waals surface area contributed by atoms with Gasteiger partial charge in [0.05, 0.1) is 17.9 Å². The first-order valence-electron chi connectivity index (χ1n) is 8.97. The molecule has 0 radical (unpaired) electrons. The van der Waals surface area contributed by atoms with Crippen LogP contribution in [-0.4, -0.2) is 51.0 Å². The molecule has 0 spiro atoms. The molecule has 1 atom stereocenters. The summed E-state index contributed by atoms with van der Waals surface area (Å²) in [5.74, 6) is 0.781. The summed E-state index contributed by atoms with van der Waals surface area (Å²) in [6, 6.07) is 1.74. The van der Waals surface area contributed by atoms with Gasteiger partial charge in [0, 0.05) is 38.0 Å². The summed E-state index contributed by atoms with van der Waals surface area (Å²) < 4.78 is 7.46. The maximum atomic E-state index is 13.1. The van der Waals surface area contributed by atoms with Crippen LogP contribution in [0, 0.1) is 19.8 Å². The van der Waals surface area contributed by atoms with Gasteiger partial charge in [0.1, 0.15) is 11.7 Å². The maximum Gasteiger partial charge on any atom is 0.256 e.